The number of fused-ring (bicyclic) bond motifs is 1. The second kappa shape index (κ2) is 7.23. The maximum atomic E-state index is 12.9. The van der Waals surface area contributed by atoms with Crippen LogP contribution >= 0.6 is 24.0 Å². The molecule has 1 aliphatic carbocycles. The fourth-order valence-electron chi connectivity index (χ4n) is 3.69. The summed E-state index contributed by atoms with van der Waals surface area (Å²) >= 11 is 5.89. The Hall–Kier alpha value is -0.540. The Morgan fingerprint density at radius 3 is 2.48 bits per heavy atom. The van der Waals surface area contributed by atoms with Gasteiger partial charge in [0.25, 0.3) is 0 Å². The van der Waals surface area contributed by atoms with Gasteiger partial charge in [-0.3, -0.25) is 0 Å². The highest BCUT2D eigenvalue weighted by Gasteiger charge is 2.44. The molecule has 1 saturated heterocycles. The smallest absolute Gasteiger partial charge is 0.327 e. The fourth-order valence-corrected chi connectivity index (χ4v) is 5.72. The molecule has 2 aliphatic rings. The van der Waals surface area contributed by atoms with Gasteiger partial charge in [-0.25, -0.2) is 8.42 Å². The number of benzene rings is 1. The Kier molecular flexibility index (Phi) is 6.01. The molecule has 3 atom stereocenters. The Labute approximate surface area is 156 Å². The van der Waals surface area contributed by atoms with Crippen molar-refractivity contribution in [3.05, 3.63) is 28.8 Å². The molecule has 0 amide bonds. The summed E-state index contributed by atoms with van der Waals surface area (Å²) in [5, 5.41) is -0.206. The second-order valence-corrected chi connectivity index (χ2v) is 8.80. The quantitative estimate of drug-likeness (QED) is 0.798. The third-order valence-electron chi connectivity index (χ3n) is 5.00. The minimum atomic E-state index is -4.63. The molecule has 1 aromatic rings. The lowest BCUT2D eigenvalue weighted by Gasteiger charge is -2.29. The summed E-state index contributed by atoms with van der Waals surface area (Å²) in [5.74, 6) is 0.214. The lowest BCUT2D eigenvalue weighted by molar-refractivity contribution is -0.137. The molecule has 4 nitrogen and oxygen atoms in total. The molecule has 3 rings (SSSR count). The molecule has 2 fully saturated rings. The third-order valence-corrected chi connectivity index (χ3v) is 7.31. The number of halogens is 5. The molecule has 0 bridgehead atoms. The Bertz CT molecular complexity index is 743. The van der Waals surface area contributed by atoms with Gasteiger partial charge in [-0.1, -0.05) is 18.0 Å². The topological polar surface area (TPSA) is 63.4 Å². The minimum absolute atomic E-state index is 0. The molecule has 142 valence electrons. The maximum absolute atomic E-state index is 12.9. The van der Waals surface area contributed by atoms with E-state index < -0.39 is 26.7 Å². The largest absolute Gasteiger partial charge is 0.416 e. The van der Waals surface area contributed by atoms with Crippen molar-refractivity contribution in [2.75, 3.05) is 13.1 Å². The van der Waals surface area contributed by atoms with Gasteiger partial charge in [0.2, 0.25) is 10.0 Å². The Morgan fingerprint density at radius 1 is 1.20 bits per heavy atom. The zero-order valence-corrected chi connectivity index (χ0v) is 15.6. The van der Waals surface area contributed by atoms with E-state index in [1.807, 2.05) is 0 Å². The van der Waals surface area contributed by atoms with Crippen molar-refractivity contribution in [2.24, 2.45) is 17.6 Å². The number of nitrogens with two attached hydrogens (primary N) is 1. The predicted octanol–water partition coefficient (Wildman–Crippen LogP) is 3.53. The number of alkyl halides is 3. The first-order chi connectivity index (χ1) is 11.1. The van der Waals surface area contributed by atoms with Gasteiger partial charge >= 0.3 is 6.18 Å². The first-order valence-corrected chi connectivity index (χ1v) is 9.55. The van der Waals surface area contributed by atoms with Gasteiger partial charge in [-0.15, -0.1) is 12.4 Å². The van der Waals surface area contributed by atoms with Crippen LogP contribution in [0.4, 0.5) is 13.2 Å². The van der Waals surface area contributed by atoms with Crippen LogP contribution in [-0.2, 0) is 16.2 Å². The third kappa shape index (κ3) is 3.93. The molecular formula is C15H19Cl2F3N2O2S. The van der Waals surface area contributed by atoms with Gasteiger partial charge < -0.3 is 5.73 Å². The van der Waals surface area contributed by atoms with Crippen molar-refractivity contribution in [3.8, 4) is 0 Å². The lowest BCUT2D eigenvalue weighted by Crippen LogP contribution is -2.38. The van der Waals surface area contributed by atoms with E-state index in [0.717, 1.165) is 31.4 Å². The minimum Gasteiger partial charge on any atom is -0.327 e. The average Bonchev–Trinajstić information content (AvgIpc) is 2.92. The van der Waals surface area contributed by atoms with E-state index in [9.17, 15) is 21.6 Å². The monoisotopic (exact) mass is 418 g/mol. The highest BCUT2D eigenvalue weighted by atomic mass is 35.5. The normalized spacial score (nSPS) is 27.6. The van der Waals surface area contributed by atoms with E-state index in [4.69, 9.17) is 17.3 Å². The van der Waals surface area contributed by atoms with E-state index in [1.165, 1.54) is 4.31 Å². The zero-order valence-electron chi connectivity index (χ0n) is 13.2. The van der Waals surface area contributed by atoms with Crippen molar-refractivity contribution >= 4 is 34.0 Å². The number of hydrogen-bond donors (Lipinski definition) is 1. The molecule has 0 radical (unpaired) electrons. The summed E-state index contributed by atoms with van der Waals surface area (Å²) in [6.07, 6.45) is -1.95. The molecule has 3 unspecified atom stereocenters. The molecule has 1 saturated carbocycles. The Morgan fingerprint density at radius 2 is 1.88 bits per heavy atom. The highest BCUT2D eigenvalue weighted by molar-refractivity contribution is 7.89. The zero-order chi connectivity index (χ0) is 17.7. The lowest BCUT2D eigenvalue weighted by atomic mass is 9.78. The number of rotatable bonds is 2. The summed E-state index contributed by atoms with van der Waals surface area (Å²) < 4.78 is 65.5. The van der Waals surface area contributed by atoms with Gasteiger partial charge in [0, 0.05) is 19.1 Å². The number of nitrogens with zero attached hydrogens (tertiary/aromatic N) is 1. The number of sulfonamides is 1. The van der Waals surface area contributed by atoms with Crippen molar-refractivity contribution in [2.45, 2.75) is 36.4 Å². The van der Waals surface area contributed by atoms with E-state index in [2.05, 4.69) is 0 Å². The summed E-state index contributed by atoms with van der Waals surface area (Å²) in [5.41, 5.74) is 5.05. The van der Waals surface area contributed by atoms with E-state index in [1.54, 1.807) is 0 Å². The van der Waals surface area contributed by atoms with Crippen LogP contribution in [0.15, 0.2) is 23.1 Å². The van der Waals surface area contributed by atoms with E-state index in [0.29, 0.717) is 6.07 Å². The summed E-state index contributed by atoms with van der Waals surface area (Å²) in [6.45, 7) is 0.522. The van der Waals surface area contributed by atoms with Gasteiger partial charge in [0.15, 0.2) is 0 Å². The first kappa shape index (κ1) is 20.8. The predicted molar refractivity (Wildman–Crippen MR) is 91.3 cm³/mol. The molecule has 10 heteroatoms. The van der Waals surface area contributed by atoms with E-state index >= 15 is 0 Å². The van der Waals surface area contributed by atoms with Gasteiger partial charge in [0.05, 0.1) is 10.6 Å². The Balaban J connectivity index is 0.00000225. The molecule has 25 heavy (non-hydrogen) atoms. The van der Waals surface area contributed by atoms with Crippen molar-refractivity contribution < 1.29 is 21.6 Å². The van der Waals surface area contributed by atoms with Crippen molar-refractivity contribution in [3.63, 3.8) is 0 Å². The van der Waals surface area contributed by atoms with Crippen LogP contribution < -0.4 is 5.73 Å². The van der Waals surface area contributed by atoms with Crippen LogP contribution in [0.2, 0.25) is 5.02 Å². The molecule has 1 aliphatic heterocycles. The molecule has 2 N–H and O–H groups in total. The van der Waals surface area contributed by atoms with Crippen LogP contribution in [0.3, 0.4) is 0 Å². The molecule has 0 spiro atoms. The SMILES string of the molecule is Cl.NC1CCCC2CN(S(=O)(=O)c3cc(C(F)(F)F)ccc3Cl)CC12. The summed E-state index contributed by atoms with van der Waals surface area (Å²) in [6, 6.07) is 2.30. The average molecular weight is 419 g/mol. The standard InChI is InChI=1S/C15H18ClF3N2O2S.ClH/c16-12-5-4-10(15(17,18)19)6-14(12)24(22,23)21-7-9-2-1-3-13(20)11(9)8-21;/h4-6,9,11,13H,1-3,7-8,20H2;1H. The summed E-state index contributed by atoms with van der Waals surface area (Å²) in [4.78, 5) is -0.494. The van der Waals surface area contributed by atoms with E-state index in [-0.39, 0.29) is 48.4 Å². The van der Waals surface area contributed by atoms with Crippen LogP contribution in [-0.4, -0.2) is 31.9 Å². The summed E-state index contributed by atoms with van der Waals surface area (Å²) in [7, 11) is -4.09. The molecule has 1 heterocycles. The number of hydrogen-bond acceptors (Lipinski definition) is 3. The second-order valence-electron chi connectivity index (χ2n) is 6.48. The fraction of sp³-hybridized carbons (Fsp3) is 0.600. The van der Waals surface area contributed by atoms with Crippen LogP contribution in [0.25, 0.3) is 0 Å². The van der Waals surface area contributed by atoms with Gasteiger partial charge in [-0.05, 0) is 42.9 Å². The van der Waals surface area contributed by atoms with Crippen molar-refractivity contribution in [1.29, 1.82) is 0 Å². The van der Waals surface area contributed by atoms with Gasteiger partial charge in [-0.2, -0.15) is 17.5 Å². The van der Waals surface area contributed by atoms with Crippen LogP contribution in [0.1, 0.15) is 24.8 Å². The van der Waals surface area contributed by atoms with Crippen LogP contribution in [0, 0.1) is 11.8 Å². The first-order valence-electron chi connectivity index (χ1n) is 7.73. The maximum Gasteiger partial charge on any atom is 0.416 e. The highest BCUT2D eigenvalue weighted by Crippen LogP contribution is 2.40. The van der Waals surface area contributed by atoms with Gasteiger partial charge in [0.1, 0.15) is 4.90 Å². The van der Waals surface area contributed by atoms with Crippen LogP contribution in [0.5, 0.6) is 0 Å². The van der Waals surface area contributed by atoms with Crippen molar-refractivity contribution in [1.82, 2.24) is 4.31 Å². The molecule has 1 aromatic carbocycles. The molecule has 0 aromatic heterocycles. The molecular weight excluding hydrogens is 400 g/mol.